The van der Waals surface area contributed by atoms with E-state index in [1.165, 1.54) is 5.01 Å². The summed E-state index contributed by atoms with van der Waals surface area (Å²) in [7, 11) is 0. The number of nitrogens with zero attached hydrogens (tertiary/aromatic N) is 2. The predicted octanol–water partition coefficient (Wildman–Crippen LogP) is 3.40. The molecule has 1 fully saturated rings. The number of piperidine rings is 1. The number of hydrogen-bond donors (Lipinski definition) is 1. The SMILES string of the molecule is Cc1csc(CN2CCC(C(O)c3ccccc3)CC2)n1. The molecule has 0 saturated carbocycles. The van der Waals surface area contributed by atoms with Crippen LogP contribution in [0.4, 0.5) is 0 Å². The van der Waals surface area contributed by atoms with Crippen molar-refractivity contribution in [2.75, 3.05) is 13.1 Å². The molecule has 4 heteroatoms. The van der Waals surface area contributed by atoms with Gasteiger partial charge in [-0.3, -0.25) is 4.90 Å². The summed E-state index contributed by atoms with van der Waals surface area (Å²) < 4.78 is 0. The zero-order valence-corrected chi connectivity index (χ0v) is 13.2. The predicted molar refractivity (Wildman–Crippen MR) is 86.3 cm³/mol. The third-order valence-corrected chi connectivity index (χ3v) is 5.20. The van der Waals surface area contributed by atoms with Gasteiger partial charge in [-0.15, -0.1) is 11.3 Å². The molecule has 0 bridgehead atoms. The molecule has 1 aromatic heterocycles. The van der Waals surface area contributed by atoms with Gasteiger partial charge in [0.05, 0.1) is 12.6 Å². The van der Waals surface area contributed by atoms with Crippen molar-refractivity contribution in [3.05, 3.63) is 52.0 Å². The van der Waals surface area contributed by atoms with Gasteiger partial charge in [0, 0.05) is 11.1 Å². The van der Waals surface area contributed by atoms with Crippen LogP contribution in [0.3, 0.4) is 0 Å². The number of thiazole rings is 1. The first-order valence-corrected chi connectivity index (χ1v) is 8.46. The number of benzene rings is 1. The van der Waals surface area contributed by atoms with Crippen LogP contribution in [0.1, 0.15) is 35.2 Å². The van der Waals surface area contributed by atoms with Crippen molar-refractivity contribution in [1.82, 2.24) is 9.88 Å². The van der Waals surface area contributed by atoms with Gasteiger partial charge in [-0.25, -0.2) is 4.98 Å². The molecule has 0 spiro atoms. The van der Waals surface area contributed by atoms with Crippen LogP contribution < -0.4 is 0 Å². The second-order valence-electron chi connectivity index (χ2n) is 5.85. The molecule has 0 amide bonds. The lowest BCUT2D eigenvalue weighted by Gasteiger charge is -2.33. The summed E-state index contributed by atoms with van der Waals surface area (Å²) in [6, 6.07) is 10.0. The smallest absolute Gasteiger partial charge is 0.107 e. The molecule has 1 atom stereocenters. The molecule has 1 saturated heterocycles. The Morgan fingerprint density at radius 1 is 1.29 bits per heavy atom. The summed E-state index contributed by atoms with van der Waals surface area (Å²) in [5.41, 5.74) is 2.16. The van der Waals surface area contributed by atoms with Crippen molar-refractivity contribution in [1.29, 1.82) is 0 Å². The number of aliphatic hydroxyl groups is 1. The lowest BCUT2D eigenvalue weighted by molar-refractivity contribution is 0.0567. The summed E-state index contributed by atoms with van der Waals surface area (Å²) in [6.07, 6.45) is 1.79. The number of aromatic nitrogens is 1. The van der Waals surface area contributed by atoms with Crippen molar-refractivity contribution in [2.45, 2.75) is 32.4 Å². The summed E-state index contributed by atoms with van der Waals surface area (Å²) in [4.78, 5) is 6.98. The van der Waals surface area contributed by atoms with E-state index in [1.54, 1.807) is 11.3 Å². The molecule has 1 aliphatic heterocycles. The Hall–Kier alpha value is -1.23. The first-order chi connectivity index (χ1) is 10.2. The molecule has 2 aromatic rings. The fraction of sp³-hybridized carbons (Fsp3) is 0.471. The van der Waals surface area contributed by atoms with E-state index in [0.29, 0.717) is 5.92 Å². The van der Waals surface area contributed by atoms with Crippen LogP contribution in [0.5, 0.6) is 0 Å². The van der Waals surface area contributed by atoms with E-state index < -0.39 is 0 Å². The first kappa shape index (κ1) is 14.7. The Balaban J connectivity index is 1.53. The summed E-state index contributed by atoms with van der Waals surface area (Å²) in [5, 5.41) is 13.8. The van der Waals surface area contributed by atoms with Crippen molar-refractivity contribution in [2.24, 2.45) is 5.92 Å². The monoisotopic (exact) mass is 302 g/mol. The van der Waals surface area contributed by atoms with E-state index in [9.17, 15) is 5.11 Å². The third-order valence-electron chi connectivity index (χ3n) is 4.25. The third kappa shape index (κ3) is 3.70. The molecule has 0 radical (unpaired) electrons. The Morgan fingerprint density at radius 2 is 2.00 bits per heavy atom. The van der Waals surface area contributed by atoms with Gasteiger partial charge < -0.3 is 5.11 Å². The Kier molecular flexibility index (Phi) is 4.68. The van der Waals surface area contributed by atoms with Crippen molar-refractivity contribution >= 4 is 11.3 Å². The maximum atomic E-state index is 10.5. The highest BCUT2D eigenvalue weighted by molar-refractivity contribution is 7.09. The Morgan fingerprint density at radius 3 is 2.62 bits per heavy atom. The summed E-state index contributed by atoms with van der Waals surface area (Å²) in [6.45, 7) is 5.09. The normalized spacial score (nSPS) is 18.8. The van der Waals surface area contributed by atoms with E-state index in [0.717, 1.165) is 43.7 Å². The molecule has 1 aliphatic rings. The topological polar surface area (TPSA) is 36.4 Å². The number of aliphatic hydroxyl groups excluding tert-OH is 1. The Bertz CT molecular complexity index is 561. The molecular weight excluding hydrogens is 280 g/mol. The van der Waals surface area contributed by atoms with Crippen LogP contribution >= 0.6 is 11.3 Å². The quantitative estimate of drug-likeness (QED) is 0.940. The lowest BCUT2D eigenvalue weighted by Crippen LogP contribution is -2.35. The zero-order valence-electron chi connectivity index (χ0n) is 12.4. The minimum absolute atomic E-state index is 0.324. The molecule has 3 rings (SSSR count). The molecule has 2 heterocycles. The van der Waals surface area contributed by atoms with Gasteiger partial charge in [-0.1, -0.05) is 30.3 Å². The minimum Gasteiger partial charge on any atom is -0.388 e. The number of likely N-dealkylation sites (tertiary alicyclic amines) is 1. The van der Waals surface area contributed by atoms with Crippen LogP contribution in [0.25, 0.3) is 0 Å². The fourth-order valence-corrected chi connectivity index (χ4v) is 3.83. The van der Waals surface area contributed by atoms with Gasteiger partial charge in [-0.2, -0.15) is 0 Å². The first-order valence-electron chi connectivity index (χ1n) is 7.59. The average Bonchev–Trinajstić information content (AvgIpc) is 2.93. The van der Waals surface area contributed by atoms with E-state index in [-0.39, 0.29) is 6.10 Å². The van der Waals surface area contributed by atoms with E-state index >= 15 is 0 Å². The van der Waals surface area contributed by atoms with E-state index in [4.69, 9.17) is 0 Å². The number of rotatable bonds is 4. The van der Waals surface area contributed by atoms with Crippen molar-refractivity contribution in [3.8, 4) is 0 Å². The maximum absolute atomic E-state index is 10.5. The molecule has 112 valence electrons. The summed E-state index contributed by atoms with van der Waals surface area (Å²) >= 11 is 1.74. The van der Waals surface area contributed by atoms with Crippen LogP contribution in [-0.4, -0.2) is 28.1 Å². The summed E-state index contributed by atoms with van der Waals surface area (Å²) in [5.74, 6) is 0.377. The highest BCUT2D eigenvalue weighted by Crippen LogP contribution is 2.31. The second-order valence-corrected chi connectivity index (χ2v) is 6.79. The maximum Gasteiger partial charge on any atom is 0.107 e. The molecule has 1 unspecified atom stereocenters. The standard InChI is InChI=1S/C17H22N2OS/c1-13-12-21-16(18-13)11-19-9-7-15(8-10-19)17(20)14-5-3-2-4-6-14/h2-6,12,15,17,20H,7-11H2,1H3. The van der Waals surface area contributed by atoms with Crippen LogP contribution in [-0.2, 0) is 6.54 Å². The zero-order chi connectivity index (χ0) is 14.7. The Labute approximate surface area is 130 Å². The highest BCUT2D eigenvalue weighted by Gasteiger charge is 2.26. The van der Waals surface area contributed by atoms with Crippen LogP contribution in [0.15, 0.2) is 35.7 Å². The van der Waals surface area contributed by atoms with E-state index in [1.807, 2.05) is 37.3 Å². The molecule has 0 aliphatic carbocycles. The molecular formula is C17H22N2OS. The fourth-order valence-electron chi connectivity index (χ4n) is 3.02. The number of hydrogen-bond acceptors (Lipinski definition) is 4. The minimum atomic E-state index is -0.324. The number of aryl methyl sites for hydroxylation is 1. The molecule has 1 aromatic carbocycles. The van der Waals surface area contributed by atoms with E-state index in [2.05, 4.69) is 15.3 Å². The lowest BCUT2D eigenvalue weighted by atomic mass is 9.87. The van der Waals surface area contributed by atoms with Crippen molar-refractivity contribution in [3.63, 3.8) is 0 Å². The largest absolute Gasteiger partial charge is 0.388 e. The van der Waals surface area contributed by atoms with Crippen LogP contribution in [0, 0.1) is 12.8 Å². The van der Waals surface area contributed by atoms with Gasteiger partial charge in [0.15, 0.2) is 0 Å². The molecule has 1 N–H and O–H groups in total. The molecule has 21 heavy (non-hydrogen) atoms. The highest BCUT2D eigenvalue weighted by atomic mass is 32.1. The average molecular weight is 302 g/mol. The second kappa shape index (κ2) is 6.69. The van der Waals surface area contributed by atoms with Gasteiger partial charge in [0.2, 0.25) is 0 Å². The van der Waals surface area contributed by atoms with Gasteiger partial charge in [0.25, 0.3) is 0 Å². The van der Waals surface area contributed by atoms with Crippen molar-refractivity contribution < 1.29 is 5.11 Å². The molecule has 3 nitrogen and oxygen atoms in total. The van der Waals surface area contributed by atoms with Gasteiger partial charge in [0.1, 0.15) is 5.01 Å². The van der Waals surface area contributed by atoms with Crippen LogP contribution in [0.2, 0.25) is 0 Å². The van der Waals surface area contributed by atoms with Gasteiger partial charge >= 0.3 is 0 Å². The van der Waals surface area contributed by atoms with Gasteiger partial charge in [-0.05, 0) is 44.3 Å².